The Balaban J connectivity index is 1.84. The number of hydrogen-bond donors (Lipinski definition) is 0. The molecule has 0 saturated carbocycles. The van der Waals surface area contributed by atoms with E-state index in [2.05, 4.69) is 20.9 Å². The van der Waals surface area contributed by atoms with Crippen LogP contribution < -0.4 is 4.74 Å². The standard InChI is InChI=1S/C18H12BrF2NO/c19-13-6-8-15(22-10-13)14-7-9-16(18(21)17(14)20)23-11-12-4-2-1-3-5-12/h1-10H,11H2. The third-order valence-electron chi connectivity index (χ3n) is 3.29. The van der Waals surface area contributed by atoms with E-state index in [1.54, 1.807) is 12.1 Å². The summed E-state index contributed by atoms with van der Waals surface area (Å²) < 4.78 is 34.6. The first-order chi connectivity index (χ1) is 11.1. The maximum absolute atomic E-state index is 14.3. The Morgan fingerprint density at radius 2 is 1.70 bits per heavy atom. The minimum absolute atomic E-state index is 0.0991. The molecule has 2 nitrogen and oxygen atoms in total. The van der Waals surface area contributed by atoms with E-state index < -0.39 is 11.6 Å². The number of nitrogens with zero attached hydrogens (tertiary/aromatic N) is 1. The van der Waals surface area contributed by atoms with Crippen LogP contribution in [0.4, 0.5) is 8.78 Å². The predicted octanol–water partition coefficient (Wildman–Crippen LogP) is 5.37. The Bertz CT molecular complexity index is 807. The van der Waals surface area contributed by atoms with Gasteiger partial charge in [-0.25, -0.2) is 4.39 Å². The molecule has 0 amide bonds. The molecule has 0 aliphatic rings. The fraction of sp³-hybridized carbons (Fsp3) is 0.0556. The fourth-order valence-corrected chi connectivity index (χ4v) is 2.35. The van der Waals surface area contributed by atoms with Gasteiger partial charge in [0.25, 0.3) is 0 Å². The molecule has 3 aromatic rings. The van der Waals surface area contributed by atoms with Gasteiger partial charge in [0.1, 0.15) is 6.61 Å². The van der Waals surface area contributed by atoms with Crippen molar-refractivity contribution in [2.45, 2.75) is 6.61 Å². The quantitative estimate of drug-likeness (QED) is 0.611. The van der Waals surface area contributed by atoms with Gasteiger partial charge in [-0.15, -0.1) is 0 Å². The lowest BCUT2D eigenvalue weighted by atomic mass is 10.1. The molecule has 0 saturated heterocycles. The number of rotatable bonds is 4. The van der Waals surface area contributed by atoms with E-state index in [1.807, 2.05) is 30.3 Å². The number of halogens is 3. The van der Waals surface area contributed by atoms with Crippen LogP contribution in [0.15, 0.2) is 65.3 Å². The van der Waals surface area contributed by atoms with E-state index >= 15 is 0 Å². The minimum Gasteiger partial charge on any atom is -0.486 e. The summed E-state index contributed by atoms with van der Waals surface area (Å²) in [5, 5.41) is 0. The number of aromatic nitrogens is 1. The normalized spacial score (nSPS) is 10.6. The van der Waals surface area contributed by atoms with Crippen LogP contribution in [0.5, 0.6) is 5.75 Å². The maximum Gasteiger partial charge on any atom is 0.201 e. The van der Waals surface area contributed by atoms with Crippen molar-refractivity contribution in [3.8, 4) is 17.0 Å². The molecule has 0 N–H and O–H groups in total. The molecule has 0 atom stereocenters. The molecular weight excluding hydrogens is 364 g/mol. The van der Waals surface area contributed by atoms with Gasteiger partial charge in [0.15, 0.2) is 11.6 Å². The van der Waals surface area contributed by atoms with Gasteiger partial charge < -0.3 is 4.74 Å². The number of hydrogen-bond acceptors (Lipinski definition) is 2. The highest BCUT2D eigenvalue weighted by atomic mass is 79.9. The molecule has 0 aliphatic heterocycles. The zero-order chi connectivity index (χ0) is 16.2. The molecule has 0 aliphatic carbocycles. The molecule has 116 valence electrons. The van der Waals surface area contributed by atoms with Crippen molar-refractivity contribution < 1.29 is 13.5 Å². The largest absolute Gasteiger partial charge is 0.486 e. The van der Waals surface area contributed by atoms with Gasteiger partial charge in [-0.2, -0.15) is 4.39 Å². The summed E-state index contributed by atoms with van der Waals surface area (Å²) in [6.07, 6.45) is 1.53. The number of ether oxygens (including phenoxy) is 1. The van der Waals surface area contributed by atoms with Crippen LogP contribution in [0.2, 0.25) is 0 Å². The van der Waals surface area contributed by atoms with Gasteiger partial charge in [-0.3, -0.25) is 4.98 Å². The van der Waals surface area contributed by atoms with Crippen LogP contribution in [0.1, 0.15) is 5.56 Å². The highest BCUT2D eigenvalue weighted by Gasteiger charge is 2.16. The molecule has 1 heterocycles. The Hall–Kier alpha value is -2.27. The Morgan fingerprint density at radius 3 is 2.39 bits per heavy atom. The second-order valence-corrected chi connectivity index (χ2v) is 5.79. The van der Waals surface area contributed by atoms with E-state index in [0.717, 1.165) is 10.0 Å². The molecule has 0 spiro atoms. The maximum atomic E-state index is 14.3. The summed E-state index contributed by atoms with van der Waals surface area (Å²) in [5.41, 5.74) is 1.34. The summed E-state index contributed by atoms with van der Waals surface area (Å²) in [4.78, 5) is 4.08. The molecule has 0 bridgehead atoms. The van der Waals surface area contributed by atoms with Crippen molar-refractivity contribution in [3.05, 3.63) is 82.5 Å². The molecule has 2 aromatic carbocycles. The monoisotopic (exact) mass is 375 g/mol. The molecule has 0 radical (unpaired) electrons. The van der Waals surface area contributed by atoms with Crippen molar-refractivity contribution in [2.24, 2.45) is 0 Å². The first kappa shape index (κ1) is 15.6. The van der Waals surface area contributed by atoms with Gasteiger partial charge in [0.2, 0.25) is 5.82 Å². The zero-order valence-electron chi connectivity index (χ0n) is 12.0. The van der Waals surface area contributed by atoms with Crippen molar-refractivity contribution in [1.82, 2.24) is 4.98 Å². The van der Waals surface area contributed by atoms with Gasteiger partial charge in [0, 0.05) is 16.2 Å². The van der Waals surface area contributed by atoms with E-state index in [9.17, 15) is 8.78 Å². The van der Waals surface area contributed by atoms with Crippen molar-refractivity contribution in [1.29, 1.82) is 0 Å². The molecule has 3 rings (SSSR count). The van der Waals surface area contributed by atoms with Crippen LogP contribution in [0, 0.1) is 11.6 Å². The summed E-state index contributed by atoms with van der Waals surface area (Å²) in [6.45, 7) is 0.174. The number of pyridine rings is 1. The molecule has 5 heteroatoms. The SMILES string of the molecule is Fc1c(OCc2ccccc2)ccc(-c2ccc(Br)cn2)c1F. The molecule has 0 unspecified atom stereocenters. The van der Waals surface area contributed by atoms with Crippen molar-refractivity contribution >= 4 is 15.9 Å². The first-order valence-electron chi connectivity index (χ1n) is 6.92. The average Bonchev–Trinajstić information content (AvgIpc) is 2.58. The van der Waals surface area contributed by atoms with Crippen LogP contribution >= 0.6 is 15.9 Å². The van der Waals surface area contributed by atoms with Gasteiger partial charge in [-0.1, -0.05) is 30.3 Å². The van der Waals surface area contributed by atoms with Crippen LogP contribution in [-0.2, 0) is 6.61 Å². The van der Waals surface area contributed by atoms with E-state index in [-0.39, 0.29) is 17.9 Å². The second-order valence-electron chi connectivity index (χ2n) is 4.88. The van der Waals surface area contributed by atoms with Crippen LogP contribution in [-0.4, -0.2) is 4.98 Å². The van der Waals surface area contributed by atoms with Crippen molar-refractivity contribution in [2.75, 3.05) is 0 Å². The van der Waals surface area contributed by atoms with Crippen LogP contribution in [0.25, 0.3) is 11.3 Å². The Kier molecular flexibility index (Phi) is 4.67. The second kappa shape index (κ2) is 6.87. The highest BCUT2D eigenvalue weighted by Crippen LogP contribution is 2.29. The predicted molar refractivity (Wildman–Crippen MR) is 88.1 cm³/mol. The zero-order valence-corrected chi connectivity index (χ0v) is 13.6. The minimum atomic E-state index is -1.01. The smallest absolute Gasteiger partial charge is 0.201 e. The highest BCUT2D eigenvalue weighted by molar-refractivity contribution is 9.10. The lowest BCUT2D eigenvalue weighted by Crippen LogP contribution is -2.00. The van der Waals surface area contributed by atoms with Gasteiger partial charge >= 0.3 is 0 Å². The summed E-state index contributed by atoms with van der Waals surface area (Å²) in [5.74, 6) is -2.10. The first-order valence-corrected chi connectivity index (χ1v) is 7.71. The van der Waals surface area contributed by atoms with Gasteiger partial charge in [0.05, 0.1) is 5.69 Å². The average molecular weight is 376 g/mol. The third-order valence-corrected chi connectivity index (χ3v) is 3.76. The van der Waals surface area contributed by atoms with Crippen molar-refractivity contribution in [3.63, 3.8) is 0 Å². The fourth-order valence-electron chi connectivity index (χ4n) is 2.11. The van der Waals surface area contributed by atoms with E-state index in [4.69, 9.17) is 4.74 Å². The molecule has 1 aromatic heterocycles. The van der Waals surface area contributed by atoms with E-state index in [0.29, 0.717) is 5.69 Å². The topological polar surface area (TPSA) is 22.1 Å². The summed E-state index contributed by atoms with van der Waals surface area (Å²) in [6, 6.07) is 15.5. The lowest BCUT2D eigenvalue weighted by Gasteiger charge is -2.10. The Morgan fingerprint density at radius 1 is 0.913 bits per heavy atom. The summed E-state index contributed by atoms with van der Waals surface area (Å²) >= 11 is 3.25. The van der Waals surface area contributed by atoms with Gasteiger partial charge in [-0.05, 0) is 45.8 Å². The van der Waals surface area contributed by atoms with Crippen LogP contribution in [0.3, 0.4) is 0 Å². The molecular formula is C18H12BrF2NO. The number of benzene rings is 2. The third kappa shape index (κ3) is 3.56. The van der Waals surface area contributed by atoms with E-state index in [1.165, 1.54) is 18.3 Å². The summed E-state index contributed by atoms with van der Waals surface area (Å²) in [7, 11) is 0. The Labute approximate surface area is 140 Å². The lowest BCUT2D eigenvalue weighted by molar-refractivity contribution is 0.285. The molecule has 23 heavy (non-hydrogen) atoms. The molecule has 0 fully saturated rings.